The lowest BCUT2D eigenvalue weighted by molar-refractivity contribution is -0.137. The van der Waals surface area contributed by atoms with Crippen LogP contribution in [-0.2, 0) is 12.7 Å². The van der Waals surface area contributed by atoms with Crippen molar-refractivity contribution in [1.82, 2.24) is 9.99 Å². The second-order valence-electron chi connectivity index (χ2n) is 7.47. The third kappa shape index (κ3) is 4.78. The van der Waals surface area contributed by atoms with Gasteiger partial charge in [-0.05, 0) is 42.8 Å². The number of carbonyl (C=O) groups is 1. The van der Waals surface area contributed by atoms with Crippen LogP contribution in [0.1, 0.15) is 32.7 Å². The first-order chi connectivity index (χ1) is 15.8. The van der Waals surface area contributed by atoms with Gasteiger partial charge in [-0.3, -0.25) is 4.79 Å². The molecule has 0 aliphatic heterocycles. The zero-order chi connectivity index (χ0) is 23.6. The molecule has 4 nitrogen and oxygen atoms in total. The number of fused-ring (bicyclic) bond motifs is 1. The van der Waals surface area contributed by atoms with Crippen molar-refractivity contribution in [2.75, 3.05) is 0 Å². The van der Waals surface area contributed by atoms with E-state index in [1.165, 1.54) is 18.3 Å². The minimum absolute atomic E-state index is 0.125. The number of hydrogen-bond acceptors (Lipinski definition) is 2. The van der Waals surface area contributed by atoms with E-state index in [-0.39, 0.29) is 5.56 Å². The third-order valence-electron chi connectivity index (χ3n) is 5.38. The summed E-state index contributed by atoms with van der Waals surface area (Å²) in [4.78, 5) is 12.3. The van der Waals surface area contributed by atoms with Crippen LogP contribution in [-0.4, -0.2) is 16.7 Å². The fourth-order valence-corrected chi connectivity index (χ4v) is 3.87. The number of para-hydroxylation sites is 1. The van der Waals surface area contributed by atoms with Crippen LogP contribution in [0.15, 0.2) is 77.9 Å². The van der Waals surface area contributed by atoms with Gasteiger partial charge >= 0.3 is 6.18 Å². The number of nitrogens with one attached hydrogen (secondary N) is 1. The lowest BCUT2D eigenvalue weighted by Gasteiger charge is -2.10. The van der Waals surface area contributed by atoms with Crippen molar-refractivity contribution < 1.29 is 18.0 Å². The van der Waals surface area contributed by atoms with Crippen LogP contribution in [0, 0.1) is 6.92 Å². The van der Waals surface area contributed by atoms with Gasteiger partial charge in [0.05, 0.1) is 11.8 Å². The van der Waals surface area contributed by atoms with Gasteiger partial charge < -0.3 is 4.57 Å². The second kappa shape index (κ2) is 9.11. The monoisotopic (exact) mass is 469 g/mol. The molecule has 0 radical (unpaired) electrons. The summed E-state index contributed by atoms with van der Waals surface area (Å²) in [5, 5.41) is 5.61. The second-order valence-corrected chi connectivity index (χ2v) is 7.88. The number of amides is 1. The molecule has 1 heterocycles. The van der Waals surface area contributed by atoms with E-state index in [0.29, 0.717) is 11.6 Å². The van der Waals surface area contributed by atoms with Crippen LogP contribution in [0.3, 0.4) is 0 Å². The average molecular weight is 470 g/mol. The molecule has 1 amide bonds. The number of aromatic nitrogens is 1. The summed E-state index contributed by atoms with van der Waals surface area (Å²) in [6, 6.07) is 19.6. The Hall–Kier alpha value is -3.58. The van der Waals surface area contributed by atoms with E-state index in [1.54, 1.807) is 0 Å². The van der Waals surface area contributed by atoms with Crippen LogP contribution in [0.25, 0.3) is 10.9 Å². The molecule has 0 saturated heterocycles. The molecule has 0 aliphatic rings. The molecule has 3 aromatic carbocycles. The van der Waals surface area contributed by atoms with E-state index in [9.17, 15) is 18.0 Å². The lowest BCUT2D eigenvalue weighted by Crippen LogP contribution is -2.18. The van der Waals surface area contributed by atoms with Crippen LogP contribution in [0.4, 0.5) is 13.2 Å². The molecule has 33 heavy (non-hydrogen) atoms. The molecule has 1 aromatic heterocycles. The van der Waals surface area contributed by atoms with E-state index in [2.05, 4.69) is 15.1 Å². The van der Waals surface area contributed by atoms with Gasteiger partial charge in [-0.15, -0.1) is 0 Å². The van der Waals surface area contributed by atoms with Crippen LogP contribution in [0.5, 0.6) is 0 Å². The zero-order valence-electron chi connectivity index (χ0n) is 17.5. The van der Waals surface area contributed by atoms with E-state index in [1.807, 2.05) is 55.5 Å². The summed E-state index contributed by atoms with van der Waals surface area (Å²) < 4.78 is 40.8. The van der Waals surface area contributed by atoms with Crippen molar-refractivity contribution in [3.8, 4) is 0 Å². The number of nitrogens with zero attached hydrogens (tertiary/aromatic N) is 2. The molecular formula is C25H19ClF3N3O. The Bertz CT molecular complexity index is 1360. The van der Waals surface area contributed by atoms with Gasteiger partial charge in [0.15, 0.2) is 0 Å². The van der Waals surface area contributed by atoms with Crippen molar-refractivity contribution in [1.29, 1.82) is 0 Å². The minimum atomic E-state index is -4.53. The highest BCUT2D eigenvalue weighted by Gasteiger charge is 2.30. The van der Waals surface area contributed by atoms with Crippen molar-refractivity contribution in [3.05, 3.63) is 106 Å². The highest BCUT2D eigenvalue weighted by Crippen LogP contribution is 2.30. The quantitative estimate of drug-likeness (QED) is 0.265. The fraction of sp³-hybridized carbons (Fsp3) is 0.120. The molecule has 0 bridgehead atoms. The van der Waals surface area contributed by atoms with E-state index >= 15 is 0 Å². The largest absolute Gasteiger partial charge is 0.416 e. The average Bonchev–Trinajstić information content (AvgIpc) is 3.06. The number of hydrazone groups is 1. The smallest absolute Gasteiger partial charge is 0.340 e. The SMILES string of the molecule is Cc1c(C=NNC(=O)c2cccc(C(F)(F)F)c2)c2ccccc2n1Cc1ccccc1Cl. The normalized spacial score (nSPS) is 11.9. The van der Waals surface area contributed by atoms with Gasteiger partial charge in [-0.2, -0.15) is 18.3 Å². The number of alkyl halides is 3. The maximum atomic E-state index is 12.9. The van der Waals surface area contributed by atoms with Crippen LogP contribution < -0.4 is 5.43 Å². The van der Waals surface area contributed by atoms with E-state index in [0.717, 1.165) is 39.9 Å². The van der Waals surface area contributed by atoms with Crippen LogP contribution >= 0.6 is 11.6 Å². The summed E-state index contributed by atoms with van der Waals surface area (Å²) in [7, 11) is 0. The van der Waals surface area contributed by atoms with Crippen molar-refractivity contribution in [2.45, 2.75) is 19.6 Å². The molecule has 4 rings (SSSR count). The number of rotatable bonds is 5. The molecule has 1 N–H and O–H groups in total. The number of hydrogen-bond donors (Lipinski definition) is 1. The Balaban J connectivity index is 1.61. The predicted octanol–water partition coefficient (Wildman–Crippen LogP) is 6.43. The molecule has 168 valence electrons. The Morgan fingerprint density at radius 3 is 2.55 bits per heavy atom. The predicted molar refractivity (Wildman–Crippen MR) is 124 cm³/mol. The fourth-order valence-electron chi connectivity index (χ4n) is 3.68. The molecule has 8 heteroatoms. The molecular weight excluding hydrogens is 451 g/mol. The Morgan fingerprint density at radius 1 is 1.06 bits per heavy atom. The topological polar surface area (TPSA) is 46.4 Å². The number of halogens is 4. The van der Waals surface area contributed by atoms with E-state index in [4.69, 9.17) is 11.6 Å². The lowest BCUT2D eigenvalue weighted by atomic mass is 10.1. The van der Waals surface area contributed by atoms with Gasteiger partial charge in [0, 0.05) is 39.3 Å². The standard InChI is InChI=1S/C25H19ClF3N3O/c1-16-21(14-30-31-24(33)17-8-6-9-19(13-17)25(27,28)29)20-10-3-5-12-23(20)32(16)15-18-7-2-4-11-22(18)26/h2-14H,15H2,1H3,(H,31,33). The molecule has 0 saturated carbocycles. The van der Waals surface area contributed by atoms with Gasteiger partial charge in [0.1, 0.15) is 0 Å². The molecule has 0 atom stereocenters. The van der Waals surface area contributed by atoms with Gasteiger partial charge in [0.25, 0.3) is 5.91 Å². The first-order valence-electron chi connectivity index (χ1n) is 10.1. The van der Waals surface area contributed by atoms with Crippen molar-refractivity contribution >= 4 is 34.6 Å². The summed E-state index contributed by atoms with van der Waals surface area (Å²) in [5.41, 5.74) is 4.94. The highest BCUT2D eigenvalue weighted by atomic mass is 35.5. The Kier molecular flexibility index (Phi) is 6.24. The molecule has 0 aliphatic carbocycles. The molecule has 0 unspecified atom stereocenters. The maximum Gasteiger partial charge on any atom is 0.416 e. The highest BCUT2D eigenvalue weighted by molar-refractivity contribution is 6.31. The first-order valence-corrected chi connectivity index (χ1v) is 10.5. The van der Waals surface area contributed by atoms with Crippen molar-refractivity contribution in [3.63, 3.8) is 0 Å². The summed E-state index contributed by atoms with van der Waals surface area (Å²) >= 11 is 6.34. The van der Waals surface area contributed by atoms with Gasteiger partial charge in [-0.1, -0.05) is 54.1 Å². The number of benzene rings is 3. The Morgan fingerprint density at radius 2 is 1.79 bits per heavy atom. The third-order valence-corrected chi connectivity index (χ3v) is 5.75. The van der Waals surface area contributed by atoms with Crippen LogP contribution in [0.2, 0.25) is 5.02 Å². The summed E-state index contributed by atoms with van der Waals surface area (Å²) in [6.45, 7) is 2.49. The maximum absolute atomic E-state index is 12.9. The Labute approximate surface area is 193 Å². The molecule has 0 spiro atoms. The minimum Gasteiger partial charge on any atom is -0.340 e. The van der Waals surface area contributed by atoms with Gasteiger partial charge in [0.2, 0.25) is 0 Å². The summed E-state index contributed by atoms with van der Waals surface area (Å²) in [5.74, 6) is -0.727. The first kappa shape index (κ1) is 22.6. The van der Waals surface area contributed by atoms with Crippen molar-refractivity contribution in [2.24, 2.45) is 5.10 Å². The molecule has 0 fully saturated rings. The zero-order valence-corrected chi connectivity index (χ0v) is 18.3. The van der Waals surface area contributed by atoms with E-state index < -0.39 is 17.6 Å². The number of carbonyl (C=O) groups excluding carboxylic acids is 1. The van der Waals surface area contributed by atoms with Gasteiger partial charge in [-0.25, -0.2) is 5.43 Å². The summed E-state index contributed by atoms with van der Waals surface area (Å²) in [6.07, 6.45) is -3.02. The molecule has 4 aromatic rings.